The first-order chi connectivity index (χ1) is 16.0. The molecule has 0 saturated carbocycles. The molecule has 0 spiro atoms. The van der Waals surface area contributed by atoms with Gasteiger partial charge in [0, 0.05) is 11.8 Å². The molecule has 5 rings (SSSR count). The molecule has 1 aromatic heterocycles. The van der Waals surface area contributed by atoms with Crippen LogP contribution in [0.2, 0.25) is 0 Å². The number of fused-ring (bicyclic) bond motifs is 2. The van der Waals surface area contributed by atoms with Crippen molar-refractivity contribution in [3.8, 4) is 5.75 Å². The van der Waals surface area contributed by atoms with Gasteiger partial charge in [-0.3, -0.25) is 14.3 Å². The van der Waals surface area contributed by atoms with Crippen LogP contribution in [0.15, 0.2) is 77.6 Å². The average Bonchev–Trinajstić information content (AvgIpc) is 3.16. The van der Waals surface area contributed by atoms with E-state index in [1.165, 1.54) is 0 Å². The van der Waals surface area contributed by atoms with Crippen LogP contribution >= 0.6 is 0 Å². The van der Waals surface area contributed by atoms with Crippen LogP contribution in [0.5, 0.6) is 5.75 Å². The molecule has 0 radical (unpaired) electrons. The van der Waals surface area contributed by atoms with Crippen LogP contribution < -0.4 is 15.5 Å². The second kappa shape index (κ2) is 8.52. The van der Waals surface area contributed by atoms with Crippen molar-refractivity contribution in [2.45, 2.75) is 25.1 Å². The highest BCUT2D eigenvalue weighted by Crippen LogP contribution is 2.31. The number of ether oxygens (including phenoxy) is 1. The van der Waals surface area contributed by atoms with Gasteiger partial charge in [0.05, 0.1) is 31.3 Å². The summed E-state index contributed by atoms with van der Waals surface area (Å²) in [6.45, 7) is 0.375. The standard InChI is InChI=1S/C26H23N3O4/c1-33-18-12-10-16(11-13-18)15-29-21-9-5-4-8-20(21)25(31)24(28-29)26(32)27-23-19-7-3-2-6-17(19)14-22(23)30/h2-13,22-23,30H,14-15H2,1H3,(H,27,32)/t22-,23-/m0/s1. The third-order valence-corrected chi connectivity index (χ3v) is 6.06. The zero-order chi connectivity index (χ0) is 22.9. The summed E-state index contributed by atoms with van der Waals surface area (Å²) in [7, 11) is 1.61. The Hall–Kier alpha value is -3.97. The highest BCUT2D eigenvalue weighted by Gasteiger charge is 2.33. The molecule has 3 aromatic carbocycles. The first kappa shape index (κ1) is 20.9. The Bertz CT molecular complexity index is 1400. The van der Waals surface area contributed by atoms with E-state index >= 15 is 0 Å². The Kier molecular flexibility index (Phi) is 5.40. The van der Waals surface area contributed by atoms with Gasteiger partial charge in [-0.1, -0.05) is 48.5 Å². The Morgan fingerprint density at radius 3 is 2.61 bits per heavy atom. The number of hydrogen-bond acceptors (Lipinski definition) is 5. The fraction of sp³-hybridized carbons (Fsp3) is 0.192. The third kappa shape index (κ3) is 3.87. The average molecular weight is 441 g/mol. The summed E-state index contributed by atoms with van der Waals surface area (Å²) in [6, 6.07) is 21.6. The van der Waals surface area contributed by atoms with Crippen LogP contribution in [0.3, 0.4) is 0 Å². The van der Waals surface area contributed by atoms with Crippen LogP contribution in [0.25, 0.3) is 10.9 Å². The number of methoxy groups -OCH3 is 1. The van der Waals surface area contributed by atoms with Crippen molar-refractivity contribution in [2.75, 3.05) is 7.11 Å². The zero-order valence-corrected chi connectivity index (χ0v) is 18.1. The van der Waals surface area contributed by atoms with E-state index in [-0.39, 0.29) is 5.69 Å². The number of nitrogens with zero attached hydrogens (tertiary/aromatic N) is 2. The van der Waals surface area contributed by atoms with E-state index in [1.54, 1.807) is 23.9 Å². The van der Waals surface area contributed by atoms with Crippen LogP contribution in [0.1, 0.15) is 33.2 Å². The van der Waals surface area contributed by atoms with Crippen molar-refractivity contribution in [3.63, 3.8) is 0 Å². The van der Waals surface area contributed by atoms with E-state index < -0.39 is 23.5 Å². The molecule has 0 saturated heterocycles. The Morgan fingerprint density at radius 2 is 1.82 bits per heavy atom. The van der Waals surface area contributed by atoms with Crippen molar-refractivity contribution in [1.82, 2.24) is 15.1 Å². The van der Waals surface area contributed by atoms with Gasteiger partial charge in [-0.25, -0.2) is 0 Å². The molecule has 166 valence electrons. The van der Waals surface area contributed by atoms with Gasteiger partial charge in [0.1, 0.15) is 5.75 Å². The number of aliphatic hydroxyl groups excluding tert-OH is 1. The third-order valence-electron chi connectivity index (χ3n) is 6.06. The highest BCUT2D eigenvalue weighted by atomic mass is 16.5. The quantitative estimate of drug-likeness (QED) is 0.497. The first-order valence-corrected chi connectivity index (χ1v) is 10.7. The highest BCUT2D eigenvalue weighted by molar-refractivity contribution is 5.95. The molecule has 1 aliphatic carbocycles. The normalized spacial score (nSPS) is 17.0. The van der Waals surface area contributed by atoms with Crippen LogP contribution in [0.4, 0.5) is 0 Å². The molecule has 2 N–H and O–H groups in total. The molecule has 4 aromatic rings. The van der Waals surface area contributed by atoms with Gasteiger partial charge < -0.3 is 15.2 Å². The lowest BCUT2D eigenvalue weighted by atomic mass is 10.1. The van der Waals surface area contributed by atoms with Gasteiger partial charge in [0.15, 0.2) is 5.69 Å². The first-order valence-electron chi connectivity index (χ1n) is 10.7. The molecule has 1 heterocycles. The minimum atomic E-state index is -0.756. The Balaban J connectivity index is 1.52. The summed E-state index contributed by atoms with van der Waals surface area (Å²) in [6.07, 6.45) is -0.304. The fourth-order valence-corrected chi connectivity index (χ4v) is 4.37. The SMILES string of the molecule is COc1ccc(Cn2nc(C(=O)N[C@H]3c4ccccc4C[C@@H]3O)c(=O)c3ccccc32)cc1. The summed E-state index contributed by atoms with van der Waals surface area (Å²) in [5.41, 5.74) is 2.80. The molecule has 0 fully saturated rings. The van der Waals surface area contributed by atoms with E-state index in [0.717, 1.165) is 22.4 Å². The number of carbonyl (C=O) groups is 1. The lowest BCUT2D eigenvalue weighted by Crippen LogP contribution is -2.37. The summed E-state index contributed by atoms with van der Waals surface area (Å²) >= 11 is 0. The molecule has 1 amide bonds. The summed E-state index contributed by atoms with van der Waals surface area (Å²) in [4.78, 5) is 26.3. The van der Waals surface area contributed by atoms with Crippen molar-refractivity contribution in [1.29, 1.82) is 0 Å². The summed E-state index contributed by atoms with van der Waals surface area (Å²) in [5.74, 6) is 0.141. The molecular weight excluding hydrogens is 418 g/mol. The number of aromatic nitrogens is 2. The molecule has 0 unspecified atom stereocenters. The number of aliphatic hydroxyl groups is 1. The summed E-state index contributed by atoms with van der Waals surface area (Å²) < 4.78 is 6.87. The number of para-hydroxylation sites is 1. The predicted molar refractivity (Wildman–Crippen MR) is 124 cm³/mol. The van der Waals surface area contributed by atoms with Gasteiger partial charge in [-0.05, 0) is 41.0 Å². The van der Waals surface area contributed by atoms with E-state index in [9.17, 15) is 14.7 Å². The number of amides is 1. The lowest BCUT2D eigenvalue weighted by molar-refractivity contribution is 0.0850. The molecule has 2 atom stereocenters. The van der Waals surface area contributed by atoms with Crippen molar-refractivity contribution in [2.24, 2.45) is 0 Å². The minimum Gasteiger partial charge on any atom is -0.497 e. The smallest absolute Gasteiger partial charge is 0.276 e. The van der Waals surface area contributed by atoms with E-state index in [1.807, 2.05) is 60.7 Å². The minimum absolute atomic E-state index is 0.196. The van der Waals surface area contributed by atoms with Gasteiger partial charge in [0.25, 0.3) is 5.91 Å². The maximum Gasteiger partial charge on any atom is 0.276 e. The Labute approximate surface area is 190 Å². The topological polar surface area (TPSA) is 93.5 Å². The lowest BCUT2D eigenvalue weighted by Gasteiger charge is -2.18. The van der Waals surface area contributed by atoms with Crippen LogP contribution in [-0.2, 0) is 13.0 Å². The second-order valence-electron chi connectivity index (χ2n) is 8.12. The number of nitrogens with one attached hydrogen (secondary N) is 1. The molecular formula is C26H23N3O4. The predicted octanol–water partition coefficient (Wildman–Crippen LogP) is 2.84. The van der Waals surface area contributed by atoms with Crippen molar-refractivity contribution < 1.29 is 14.6 Å². The maximum atomic E-state index is 13.2. The number of benzene rings is 3. The molecule has 1 aliphatic rings. The maximum absolute atomic E-state index is 13.2. The van der Waals surface area contributed by atoms with Gasteiger partial charge in [0.2, 0.25) is 5.43 Å². The molecule has 33 heavy (non-hydrogen) atoms. The van der Waals surface area contributed by atoms with Crippen molar-refractivity contribution in [3.05, 3.63) is 105 Å². The van der Waals surface area contributed by atoms with E-state index in [4.69, 9.17) is 4.74 Å². The van der Waals surface area contributed by atoms with E-state index in [0.29, 0.717) is 23.9 Å². The van der Waals surface area contributed by atoms with Gasteiger partial charge >= 0.3 is 0 Å². The largest absolute Gasteiger partial charge is 0.497 e. The van der Waals surface area contributed by atoms with Crippen molar-refractivity contribution >= 4 is 16.8 Å². The molecule has 7 nitrogen and oxygen atoms in total. The zero-order valence-electron chi connectivity index (χ0n) is 18.1. The Morgan fingerprint density at radius 1 is 1.09 bits per heavy atom. The molecule has 0 bridgehead atoms. The molecule has 7 heteroatoms. The second-order valence-corrected chi connectivity index (χ2v) is 8.12. The van der Waals surface area contributed by atoms with Crippen LogP contribution in [-0.4, -0.2) is 34.0 Å². The van der Waals surface area contributed by atoms with E-state index in [2.05, 4.69) is 10.4 Å². The fourth-order valence-electron chi connectivity index (χ4n) is 4.37. The molecule has 0 aliphatic heterocycles. The van der Waals surface area contributed by atoms with Gasteiger partial charge in [-0.2, -0.15) is 5.10 Å². The number of rotatable bonds is 5. The summed E-state index contributed by atoms with van der Waals surface area (Å²) in [5, 5.41) is 18.2. The van der Waals surface area contributed by atoms with Crippen LogP contribution in [0, 0.1) is 0 Å². The number of hydrogen-bond donors (Lipinski definition) is 2. The van der Waals surface area contributed by atoms with Gasteiger partial charge in [-0.15, -0.1) is 0 Å². The number of carbonyl (C=O) groups excluding carboxylic acids is 1. The monoisotopic (exact) mass is 441 g/mol.